The maximum Gasteiger partial charge on any atom is 0.223 e. The lowest BCUT2D eigenvalue weighted by atomic mass is 10.0. The summed E-state index contributed by atoms with van der Waals surface area (Å²) in [6.07, 6.45) is 0. The first-order valence-electron chi connectivity index (χ1n) is 6.81. The summed E-state index contributed by atoms with van der Waals surface area (Å²) >= 11 is 1.65. The van der Waals surface area contributed by atoms with Crippen LogP contribution in [0.5, 0.6) is 0 Å². The molecule has 3 N–H and O–H groups in total. The van der Waals surface area contributed by atoms with Crippen LogP contribution in [-0.4, -0.2) is 41.5 Å². The number of fused-ring (bicyclic) bond motifs is 1. The number of hydrogen-bond acceptors (Lipinski definition) is 6. The first-order valence-corrected chi connectivity index (χ1v) is 7.63. The van der Waals surface area contributed by atoms with Gasteiger partial charge in [0.25, 0.3) is 0 Å². The van der Waals surface area contributed by atoms with Crippen molar-refractivity contribution in [2.75, 3.05) is 31.7 Å². The van der Waals surface area contributed by atoms with E-state index in [2.05, 4.69) is 61.1 Å². The molecule has 2 heterocycles. The molecule has 0 aliphatic carbocycles. The summed E-state index contributed by atoms with van der Waals surface area (Å²) in [4.78, 5) is 13.0. The van der Waals surface area contributed by atoms with Crippen molar-refractivity contribution in [3.8, 4) is 0 Å². The number of anilines is 2. The molecule has 2 aromatic heterocycles. The van der Waals surface area contributed by atoms with Gasteiger partial charge in [0.2, 0.25) is 5.95 Å². The van der Waals surface area contributed by atoms with Crippen LogP contribution in [0.25, 0.3) is 10.2 Å². The van der Waals surface area contributed by atoms with Gasteiger partial charge in [-0.1, -0.05) is 13.8 Å². The standard InChI is InChI=1S/C14H23N5S/c1-8(2)11(7-19(4)5)16-12-10-6-9(3)20-13(10)18-14(15)17-12/h6,8,11H,7H2,1-5H3,(H3,15,16,17,18). The highest BCUT2D eigenvalue weighted by atomic mass is 32.1. The topological polar surface area (TPSA) is 67.1 Å². The highest BCUT2D eigenvalue weighted by Crippen LogP contribution is 2.29. The van der Waals surface area contributed by atoms with E-state index in [9.17, 15) is 0 Å². The van der Waals surface area contributed by atoms with Gasteiger partial charge in [-0.25, -0.2) is 4.98 Å². The van der Waals surface area contributed by atoms with Crippen molar-refractivity contribution in [1.29, 1.82) is 0 Å². The van der Waals surface area contributed by atoms with E-state index in [1.54, 1.807) is 11.3 Å². The number of thiophene rings is 1. The fourth-order valence-electron chi connectivity index (χ4n) is 2.16. The molecule has 6 heteroatoms. The van der Waals surface area contributed by atoms with Gasteiger partial charge in [0.15, 0.2) is 0 Å². The van der Waals surface area contributed by atoms with Crippen LogP contribution < -0.4 is 11.1 Å². The third-order valence-corrected chi connectivity index (χ3v) is 4.17. The molecular weight excluding hydrogens is 270 g/mol. The fraction of sp³-hybridized carbons (Fsp3) is 0.571. The van der Waals surface area contributed by atoms with E-state index in [1.807, 2.05) is 0 Å². The Morgan fingerprint density at radius 3 is 2.65 bits per heavy atom. The summed E-state index contributed by atoms with van der Waals surface area (Å²) in [5.74, 6) is 1.68. The average Bonchev–Trinajstić information content (AvgIpc) is 2.67. The van der Waals surface area contributed by atoms with Gasteiger partial charge >= 0.3 is 0 Å². The number of nitrogens with two attached hydrogens (primary N) is 1. The van der Waals surface area contributed by atoms with E-state index in [-0.39, 0.29) is 0 Å². The van der Waals surface area contributed by atoms with Crippen molar-refractivity contribution in [3.05, 3.63) is 10.9 Å². The van der Waals surface area contributed by atoms with Crippen molar-refractivity contribution in [3.63, 3.8) is 0 Å². The highest BCUT2D eigenvalue weighted by molar-refractivity contribution is 7.18. The van der Waals surface area contributed by atoms with Crippen molar-refractivity contribution < 1.29 is 0 Å². The van der Waals surface area contributed by atoms with Crippen molar-refractivity contribution in [2.45, 2.75) is 26.8 Å². The quantitative estimate of drug-likeness (QED) is 0.887. The van der Waals surface area contributed by atoms with E-state index in [0.29, 0.717) is 17.9 Å². The Kier molecular flexibility index (Phi) is 4.45. The molecule has 0 aliphatic rings. The Labute approximate surface area is 124 Å². The molecule has 20 heavy (non-hydrogen) atoms. The number of nitrogen functional groups attached to an aromatic ring is 1. The van der Waals surface area contributed by atoms with Crippen molar-refractivity contribution >= 4 is 33.3 Å². The minimum atomic E-state index is 0.322. The number of rotatable bonds is 5. The predicted molar refractivity (Wildman–Crippen MR) is 87.4 cm³/mol. The second-order valence-electron chi connectivity index (χ2n) is 5.76. The Balaban J connectivity index is 2.35. The third-order valence-electron chi connectivity index (χ3n) is 3.22. The SMILES string of the molecule is Cc1cc2c(NC(CN(C)C)C(C)C)nc(N)nc2s1. The zero-order chi connectivity index (χ0) is 14.9. The van der Waals surface area contributed by atoms with Gasteiger partial charge in [0.05, 0.1) is 5.39 Å². The van der Waals surface area contributed by atoms with E-state index in [1.165, 1.54) is 4.88 Å². The van der Waals surface area contributed by atoms with Gasteiger partial charge in [-0.2, -0.15) is 4.98 Å². The maximum absolute atomic E-state index is 5.82. The van der Waals surface area contributed by atoms with Crippen LogP contribution in [0, 0.1) is 12.8 Å². The molecule has 2 rings (SSSR count). The number of aromatic nitrogens is 2. The lowest BCUT2D eigenvalue weighted by Gasteiger charge is -2.26. The lowest BCUT2D eigenvalue weighted by molar-refractivity contribution is 0.344. The van der Waals surface area contributed by atoms with Crippen LogP contribution in [0.3, 0.4) is 0 Å². The van der Waals surface area contributed by atoms with Crippen LogP contribution in [-0.2, 0) is 0 Å². The number of aryl methyl sites for hydroxylation is 1. The molecule has 1 unspecified atom stereocenters. The molecule has 0 aliphatic heterocycles. The van der Waals surface area contributed by atoms with E-state index < -0.39 is 0 Å². The van der Waals surface area contributed by atoms with Gasteiger partial charge in [-0.3, -0.25) is 0 Å². The molecule has 110 valence electrons. The predicted octanol–water partition coefficient (Wildman–Crippen LogP) is 2.58. The van der Waals surface area contributed by atoms with Crippen molar-refractivity contribution in [1.82, 2.24) is 14.9 Å². The van der Waals surface area contributed by atoms with Crippen LogP contribution in [0.2, 0.25) is 0 Å². The Bertz CT molecular complexity index is 591. The van der Waals surface area contributed by atoms with Gasteiger partial charge < -0.3 is 16.0 Å². The Hall–Kier alpha value is -1.40. The van der Waals surface area contributed by atoms with Crippen LogP contribution in [0.1, 0.15) is 18.7 Å². The summed E-state index contributed by atoms with van der Waals surface area (Å²) in [6.45, 7) is 7.45. The number of hydrogen-bond donors (Lipinski definition) is 2. The molecule has 0 saturated heterocycles. The van der Waals surface area contributed by atoms with Crippen LogP contribution in [0.4, 0.5) is 11.8 Å². The lowest BCUT2D eigenvalue weighted by Crippen LogP contribution is -2.36. The largest absolute Gasteiger partial charge is 0.368 e. The van der Waals surface area contributed by atoms with Crippen LogP contribution in [0.15, 0.2) is 6.07 Å². The van der Waals surface area contributed by atoms with Gasteiger partial charge in [-0.05, 0) is 33.0 Å². The molecular formula is C14H23N5S. The maximum atomic E-state index is 5.82. The Morgan fingerprint density at radius 1 is 1.35 bits per heavy atom. The normalized spacial score (nSPS) is 13.3. The second-order valence-corrected chi connectivity index (χ2v) is 7.00. The number of nitrogens with zero attached hydrogens (tertiary/aromatic N) is 3. The Morgan fingerprint density at radius 2 is 2.05 bits per heavy atom. The molecule has 0 bridgehead atoms. The van der Waals surface area contributed by atoms with Crippen LogP contribution >= 0.6 is 11.3 Å². The highest BCUT2D eigenvalue weighted by Gasteiger charge is 2.17. The summed E-state index contributed by atoms with van der Waals surface area (Å²) in [6, 6.07) is 2.44. The zero-order valence-electron chi connectivity index (χ0n) is 12.8. The van der Waals surface area contributed by atoms with Gasteiger partial charge in [-0.15, -0.1) is 11.3 Å². The summed E-state index contributed by atoms with van der Waals surface area (Å²) in [5.41, 5.74) is 5.82. The molecule has 0 amide bonds. The number of nitrogens with one attached hydrogen (secondary N) is 1. The smallest absolute Gasteiger partial charge is 0.223 e. The minimum Gasteiger partial charge on any atom is -0.368 e. The van der Waals surface area contributed by atoms with E-state index in [4.69, 9.17) is 5.73 Å². The summed E-state index contributed by atoms with van der Waals surface area (Å²) < 4.78 is 0. The zero-order valence-corrected chi connectivity index (χ0v) is 13.6. The van der Waals surface area contributed by atoms with Crippen molar-refractivity contribution in [2.24, 2.45) is 5.92 Å². The third kappa shape index (κ3) is 3.37. The molecule has 0 aromatic carbocycles. The second kappa shape index (κ2) is 5.93. The van der Waals surface area contributed by atoms with E-state index >= 15 is 0 Å². The fourth-order valence-corrected chi connectivity index (χ4v) is 3.05. The molecule has 2 aromatic rings. The first kappa shape index (κ1) is 15.0. The molecule has 0 saturated carbocycles. The molecule has 0 radical (unpaired) electrons. The van der Waals surface area contributed by atoms with Gasteiger partial charge in [0.1, 0.15) is 10.6 Å². The molecule has 1 atom stereocenters. The summed E-state index contributed by atoms with van der Waals surface area (Å²) in [7, 11) is 4.16. The minimum absolute atomic E-state index is 0.322. The van der Waals surface area contributed by atoms with E-state index in [0.717, 1.165) is 22.6 Å². The first-order chi connectivity index (χ1) is 9.36. The van der Waals surface area contributed by atoms with Gasteiger partial charge in [0, 0.05) is 17.5 Å². The molecule has 0 fully saturated rings. The average molecular weight is 293 g/mol. The summed E-state index contributed by atoms with van der Waals surface area (Å²) in [5, 5.41) is 4.60. The molecule has 0 spiro atoms. The number of likely N-dealkylation sites (N-methyl/N-ethyl adjacent to an activating group) is 1. The monoisotopic (exact) mass is 293 g/mol. The molecule has 5 nitrogen and oxygen atoms in total.